The number of nitrogens with zero attached hydrogens (tertiary/aromatic N) is 3. The highest BCUT2D eigenvalue weighted by Gasteiger charge is 2.19. The summed E-state index contributed by atoms with van der Waals surface area (Å²) in [4.78, 5) is 4.10. The fraction of sp³-hybridized carbons (Fsp3) is 0.125. The van der Waals surface area contributed by atoms with Gasteiger partial charge in [-0.15, -0.1) is 0 Å². The van der Waals surface area contributed by atoms with Gasteiger partial charge in [0.25, 0.3) is 0 Å². The van der Waals surface area contributed by atoms with Crippen LogP contribution in [0.2, 0.25) is 0 Å². The molecule has 0 amide bonds. The molecule has 64 valence electrons. The highest BCUT2D eigenvalue weighted by Crippen LogP contribution is 2.39. The minimum atomic E-state index is 0.982. The molecule has 0 N–H and O–H groups in total. The van der Waals surface area contributed by atoms with Crippen molar-refractivity contribution in [2.24, 2.45) is 0 Å². The van der Waals surface area contributed by atoms with Gasteiger partial charge in [-0.3, -0.25) is 4.98 Å². The SMILES string of the molecule is c1cc2c(cn1)-c1nsnc1SC2. The van der Waals surface area contributed by atoms with E-state index in [1.165, 1.54) is 17.3 Å². The summed E-state index contributed by atoms with van der Waals surface area (Å²) in [6.07, 6.45) is 3.69. The van der Waals surface area contributed by atoms with Gasteiger partial charge >= 0.3 is 0 Å². The van der Waals surface area contributed by atoms with Crippen molar-refractivity contribution < 1.29 is 0 Å². The molecular weight excluding hydrogens is 202 g/mol. The standard InChI is InChI=1S/C8H5N3S2/c1-2-9-3-6-5(1)4-12-8-7(6)10-13-11-8/h1-3H,4H2. The molecule has 5 heteroatoms. The normalized spacial score (nSPS) is 13.5. The Hall–Kier alpha value is -0.940. The first-order chi connectivity index (χ1) is 6.45. The fourth-order valence-electron chi connectivity index (χ4n) is 1.35. The third-order valence-corrected chi connectivity index (χ3v) is 3.65. The van der Waals surface area contributed by atoms with Gasteiger partial charge in [-0.1, -0.05) is 11.8 Å². The van der Waals surface area contributed by atoms with Crippen molar-refractivity contribution >= 4 is 23.5 Å². The molecule has 0 spiro atoms. The van der Waals surface area contributed by atoms with Crippen molar-refractivity contribution in [3.63, 3.8) is 0 Å². The summed E-state index contributed by atoms with van der Waals surface area (Å²) in [6.45, 7) is 0. The molecule has 2 aromatic rings. The fourth-order valence-corrected chi connectivity index (χ4v) is 3.02. The van der Waals surface area contributed by atoms with Gasteiger partial charge in [-0.2, -0.15) is 8.75 Å². The quantitative estimate of drug-likeness (QED) is 0.664. The average molecular weight is 207 g/mol. The van der Waals surface area contributed by atoms with Gasteiger partial charge in [0.05, 0.1) is 11.7 Å². The molecule has 0 fully saturated rings. The monoisotopic (exact) mass is 207 g/mol. The lowest BCUT2D eigenvalue weighted by atomic mass is 10.1. The Bertz CT molecular complexity index is 452. The molecule has 1 aliphatic rings. The van der Waals surface area contributed by atoms with Gasteiger partial charge in [0.15, 0.2) is 0 Å². The second-order valence-electron chi connectivity index (χ2n) is 2.74. The number of hydrogen-bond donors (Lipinski definition) is 0. The molecule has 0 aliphatic carbocycles. The summed E-state index contributed by atoms with van der Waals surface area (Å²) in [5.41, 5.74) is 3.45. The van der Waals surface area contributed by atoms with Crippen molar-refractivity contribution in [2.45, 2.75) is 10.8 Å². The molecule has 2 aromatic heterocycles. The lowest BCUT2D eigenvalue weighted by Gasteiger charge is -2.11. The molecule has 0 radical (unpaired) electrons. The highest BCUT2D eigenvalue weighted by molar-refractivity contribution is 7.98. The van der Waals surface area contributed by atoms with Gasteiger partial charge in [0, 0.05) is 23.7 Å². The summed E-state index contributed by atoms with van der Waals surface area (Å²) in [5.74, 6) is 0.982. The second-order valence-corrected chi connectivity index (χ2v) is 4.23. The van der Waals surface area contributed by atoms with Crippen LogP contribution >= 0.6 is 23.5 Å². The molecule has 0 bridgehead atoms. The number of hydrogen-bond acceptors (Lipinski definition) is 5. The Morgan fingerprint density at radius 2 is 2.31 bits per heavy atom. The maximum Gasteiger partial charge on any atom is 0.138 e. The minimum Gasteiger partial charge on any atom is -0.264 e. The Morgan fingerprint density at radius 1 is 1.31 bits per heavy atom. The summed E-state index contributed by atoms with van der Waals surface area (Å²) in [6, 6.07) is 2.05. The number of thioether (sulfide) groups is 1. The summed E-state index contributed by atoms with van der Waals surface area (Å²) < 4.78 is 8.49. The maximum absolute atomic E-state index is 4.27. The van der Waals surface area contributed by atoms with Crippen LogP contribution in [0.5, 0.6) is 0 Å². The van der Waals surface area contributed by atoms with Crippen LogP contribution in [0.15, 0.2) is 23.5 Å². The largest absolute Gasteiger partial charge is 0.264 e. The van der Waals surface area contributed by atoms with E-state index in [9.17, 15) is 0 Å². The van der Waals surface area contributed by atoms with Crippen LogP contribution < -0.4 is 0 Å². The first kappa shape index (κ1) is 7.46. The number of rotatable bonds is 0. The molecule has 0 saturated carbocycles. The Labute approximate surface area is 83.6 Å². The van der Waals surface area contributed by atoms with Crippen LogP contribution in [0.4, 0.5) is 0 Å². The molecule has 0 unspecified atom stereocenters. The van der Waals surface area contributed by atoms with E-state index in [1.807, 2.05) is 18.5 Å². The second kappa shape index (κ2) is 2.78. The number of fused-ring (bicyclic) bond motifs is 3. The van der Waals surface area contributed by atoms with Crippen molar-refractivity contribution in [3.8, 4) is 11.3 Å². The average Bonchev–Trinajstić information content (AvgIpc) is 2.65. The summed E-state index contributed by atoms with van der Waals surface area (Å²) in [7, 11) is 0. The molecule has 0 saturated heterocycles. The molecule has 0 atom stereocenters. The van der Waals surface area contributed by atoms with E-state index >= 15 is 0 Å². The smallest absolute Gasteiger partial charge is 0.138 e. The molecular formula is C8H5N3S2. The van der Waals surface area contributed by atoms with Gasteiger partial charge in [0.2, 0.25) is 0 Å². The van der Waals surface area contributed by atoms with Crippen molar-refractivity contribution in [3.05, 3.63) is 24.0 Å². The zero-order chi connectivity index (χ0) is 8.67. The van der Waals surface area contributed by atoms with Crippen LogP contribution in [-0.2, 0) is 5.75 Å². The van der Waals surface area contributed by atoms with Crippen LogP contribution in [0.3, 0.4) is 0 Å². The van der Waals surface area contributed by atoms with E-state index < -0.39 is 0 Å². The number of pyridine rings is 1. The topological polar surface area (TPSA) is 38.7 Å². The predicted octanol–water partition coefficient (Wildman–Crippen LogP) is 2.21. The maximum atomic E-state index is 4.27. The molecule has 13 heavy (non-hydrogen) atoms. The van der Waals surface area contributed by atoms with Gasteiger partial charge < -0.3 is 0 Å². The molecule has 3 heterocycles. The summed E-state index contributed by atoms with van der Waals surface area (Å²) in [5, 5.41) is 1.05. The van der Waals surface area contributed by atoms with Gasteiger partial charge in [-0.05, 0) is 11.6 Å². The lowest BCUT2D eigenvalue weighted by molar-refractivity contribution is 1.18. The van der Waals surface area contributed by atoms with E-state index in [0.717, 1.165) is 22.0 Å². The van der Waals surface area contributed by atoms with E-state index in [1.54, 1.807) is 11.8 Å². The van der Waals surface area contributed by atoms with E-state index in [4.69, 9.17) is 0 Å². The Morgan fingerprint density at radius 3 is 3.31 bits per heavy atom. The van der Waals surface area contributed by atoms with Crippen LogP contribution in [0, 0.1) is 0 Å². The molecule has 3 nitrogen and oxygen atoms in total. The zero-order valence-corrected chi connectivity index (χ0v) is 8.23. The lowest BCUT2D eigenvalue weighted by Crippen LogP contribution is -1.95. The molecule has 1 aliphatic heterocycles. The Balaban J connectivity index is 2.30. The van der Waals surface area contributed by atoms with Crippen LogP contribution in [-0.4, -0.2) is 13.7 Å². The number of aromatic nitrogens is 3. The zero-order valence-electron chi connectivity index (χ0n) is 6.60. The van der Waals surface area contributed by atoms with Crippen LogP contribution in [0.25, 0.3) is 11.3 Å². The predicted molar refractivity (Wildman–Crippen MR) is 52.7 cm³/mol. The third kappa shape index (κ3) is 1.08. The van der Waals surface area contributed by atoms with Crippen LogP contribution in [0.1, 0.15) is 5.56 Å². The minimum absolute atomic E-state index is 0.982. The Kier molecular flexibility index (Phi) is 1.60. The van der Waals surface area contributed by atoms with Gasteiger partial charge in [0.1, 0.15) is 10.7 Å². The highest BCUT2D eigenvalue weighted by atomic mass is 32.2. The van der Waals surface area contributed by atoms with Crippen molar-refractivity contribution in [2.75, 3.05) is 0 Å². The van der Waals surface area contributed by atoms with E-state index in [2.05, 4.69) is 13.7 Å². The first-order valence-electron chi connectivity index (χ1n) is 3.84. The van der Waals surface area contributed by atoms with Crippen molar-refractivity contribution in [1.29, 1.82) is 0 Å². The van der Waals surface area contributed by atoms with E-state index in [-0.39, 0.29) is 0 Å². The molecule has 0 aromatic carbocycles. The van der Waals surface area contributed by atoms with E-state index in [0.29, 0.717) is 0 Å². The first-order valence-corrected chi connectivity index (χ1v) is 5.55. The third-order valence-electron chi connectivity index (χ3n) is 1.99. The summed E-state index contributed by atoms with van der Waals surface area (Å²) >= 11 is 3.02. The molecule has 3 rings (SSSR count). The van der Waals surface area contributed by atoms with Gasteiger partial charge in [-0.25, -0.2) is 0 Å². The van der Waals surface area contributed by atoms with Crippen molar-refractivity contribution in [1.82, 2.24) is 13.7 Å².